The summed E-state index contributed by atoms with van der Waals surface area (Å²) in [6.07, 6.45) is 2.66. The molecule has 18 heavy (non-hydrogen) atoms. The van der Waals surface area contributed by atoms with Crippen LogP contribution in [0.2, 0.25) is 0 Å². The maximum atomic E-state index is 12.5. The first-order chi connectivity index (χ1) is 8.65. The number of nitrogens with zero attached hydrogens (tertiary/aromatic N) is 2. The normalized spacial score (nSPS) is 10.9. The van der Waals surface area contributed by atoms with Gasteiger partial charge in [-0.1, -0.05) is 6.07 Å². The van der Waals surface area contributed by atoms with Gasteiger partial charge in [-0.15, -0.1) is 0 Å². The third kappa shape index (κ3) is 2.33. The Hall–Kier alpha value is -1.95. The van der Waals surface area contributed by atoms with Crippen molar-refractivity contribution in [3.05, 3.63) is 36.2 Å². The maximum Gasteiger partial charge on any atom is 0.333 e. The van der Waals surface area contributed by atoms with Crippen LogP contribution in [-0.4, -0.2) is 16.9 Å². The molecule has 6 heteroatoms. The summed E-state index contributed by atoms with van der Waals surface area (Å²) < 4.78 is 30.8. The fourth-order valence-corrected chi connectivity index (χ4v) is 1.69. The molecule has 0 saturated heterocycles. The van der Waals surface area contributed by atoms with Gasteiger partial charge < -0.3 is 10.5 Å². The Bertz CT molecular complexity index is 540. The molecule has 2 rings (SSSR count). The van der Waals surface area contributed by atoms with Crippen LogP contribution in [0.25, 0.3) is 11.1 Å². The van der Waals surface area contributed by atoms with Crippen LogP contribution < -0.4 is 10.5 Å². The lowest BCUT2D eigenvalue weighted by Crippen LogP contribution is -1.98. The minimum absolute atomic E-state index is 0.375. The van der Waals surface area contributed by atoms with Crippen molar-refractivity contribution in [3.8, 4) is 16.9 Å². The summed E-state index contributed by atoms with van der Waals surface area (Å²) in [5.74, 6) is 0.598. The fraction of sp³-hybridized carbons (Fsp3) is 0.250. The lowest BCUT2D eigenvalue weighted by molar-refractivity contribution is 0.0566. The van der Waals surface area contributed by atoms with Gasteiger partial charge in [0.2, 0.25) is 0 Å². The number of benzene rings is 1. The zero-order valence-electron chi connectivity index (χ0n) is 9.81. The van der Waals surface area contributed by atoms with E-state index in [2.05, 4.69) is 5.10 Å². The lowest BCUT2D eigenvalue weighted by Gasteiger charge is -2.08. The Morgan fingerprint density at radius 1 is 1.44 bits per heavy atom. The van der Waals surface area contributed by atoms with Gasteiger partial charge in [0, 0.05) is 23.9 Å². The fourth-order valence-electron chi connectivity index (χ4n) is 1.69. The summed E-state index contributed by atoms with van der Waals surface area (Å²) in [6.45, 7) is -2.28. The van der Waals surface area contributed by atoms with E-state index in [4.69, 9.17) is 10.5 Å². The van der Waals surface area contributed by atoms with Gasteiger partial charge in [-0.3, -0.25) is 0 Å². The lowest BCUT2D eigenvalue weighted by atomic mass is 10.0. The molecule has 0 aliphatic carbocycles. The van der Waals surface area contributed by atoms with Gasteiger partial charge in [-0.2, -0.15) is 13.9 Å². The van der Waals surface area contributed by atoms with E-state index in [-0.39, 0.29) is 0 Å². The quantitative estimate of drug-likeness (QED) is 0.910. The van der Waals surface area contributed by atoms with E-state index >= 15 is 0 Å². The molecular weight excluding hydrogens is 240 g/mol. The highest BCUT2D eigenvalue weighted by Crippen LogP contribution is 2.31. The zero-order chi connectivity index (χ0) is 13.1. The number of hydrogen-bond donors (Lipinski definition) is 1. The number of nitrogens with two attached hydrogens (primary N) is 1. The van der Waals surface area contributed by atoms with Crippen molar-refractivity contribution in [2.45, 2.75) is 13.1 Å². The number of ether oxygens (including phenoxy) is 1. The Morgan fingerprint density at radius 3 is 2.78 bits per heavy atom. The third-order valence-electron chi connectivity index (χ3n) is 2.61. The van der Waals surface area contributed by atoms with Crippen LogP contribution >= 0.6 is 0 Å². The number of halogens is 2. The monoisotopic (exact) mass is 253 g/mol. The van der Waals surface area contributed by atoms with Gasteiger partial charge >= 0.3 is 6.55 Å². The van der Waals surface area contributed by atoms with Crippen LogP contribution in [0, 0.1) is 0 Å². The molecule has 0 spiro atoms. The van der Waals surface area contributed by atoms with Crippen molar-refractivity contribution in [3.63, 3.8) is 0 Å². The predicted molar refractivity (Wildman–Crippen MR) is 63.4 cm³/mol. The molecule has 0 aliphatic heterocycles. The molecule has 1 aromatic carbocycles. The van der Waals surface area contributed by atoms with Crippen LogP contribution in [0.15, 0.2) is 30.6 Å². The smallest absolute Gasteiger partial charge is 0.333 e. The molecule has 0 unspecified atom stereocenters. The van der Waals surface area contributed by atoms with E-state index in [1.807, 2.05) is 12.1 Å². The minimum atomic E-state index is -2.65. The van der Waals surface area contributed by atoms with Crippen molar-refractivity contribution in [2.24, 2.45) is 5.73 Å². The molecule has 1 aromatic heterocycles. The predicted octanol–water partition coefficient (Wildman–Crippen LogP) is 2.41. The van der Waals surface area contributed by atoms with Crippen LogP contribution in [0.1, 0.15) is 12.1 Å². The summed E-state index contributed by atoms with van der Waals surface area (Å²) in [5, 5.41) is 3.60. The van der Waals surface area contributed by atoms with E-state index in [1.165, 1.54) is 19.5 Å². The van der Waals surface area contributed by atoms with Gasteiger partial charge in [-0.05, 0) is 17.7 Å². The highest BCUT2D eigenvalue weighted by molar-refractivity contribution is 5.70. The maximum absolute atomic E-state index is 12.5. The first-order valence-corrected chi connectivity index (χ1v) is 5.35. The molecule has 0 saturated carbocycles. The second-order valence-corrected chi connectivity index (χ2v) is 3.73. The van der Waals surface area contributed by atoms with E-state index in [9.17, 15) is 8.78 Å². The van der Waals surface area contributed by atoms with E-state index < -0.39 is 6.55 Å². The average Bonchev–Trinajstić information content (AvgIpc) is 2.87. The number of rotatable bonds is 4. The third-order valence-corrected chi connectivity index (χ3v) is 2.61. The van der Waals surface area contributed by atoms with Gasteiger partial charge in [0.15, 0.2) is 0 Å². The standard InChI is InChI=1S/C12H13F2N3O/c1-18-11-3-2-8(5-15)4-10(11)9-6-16-17(7-9)12(13)14/h2-4,6-7,12H,5,15H2,1H3. The Kier molecular flexibility index (Phi) is 3.57. The molecule has 96 valence electrons. The molecule has 0 atom stereocenters. The summed E-state index contributed by atoms with van der Waals surface area (Å²) in [6, 6.07) is 5.41. The molecule has 0 bridgehead atoms. The van der Waals surface area contributed by atoms with Gasteiger partial charge in [0.25, 0.3) is 0 Å². The largest absolute Gasteiger partial charge is 0.496 e. The van der Waals surface area contributed by atoms with Gasteiger partial charge in [0.1, 0.15) is 5.75 Å². The highest BCUT2D eigenvalue weighted by Gasteiger charge is 2.12. The molecule has 2 aromatic rings. The first kappa shape index (κ1) is 12.5. The summed E-state index contributed by atoms with van der Waals surface area (Å²) in [4.78, 5) is 0. The van der Waals surface area contributed by atoms with Crippen molar-refractivity contribution in [1.29, 1.82) is 0 Å². The second kappa shape index (κ2) is 5.14. The SMILES string of the molecule is COc1ccc(CN)cc1-c1cnn(C(F)F)c1. The van der Waals surface area contributed by atoms with Crippen LogP contribution in [0.5, 0.6) is 5.75 Å². The van der Waals surface area contributed by atoms with E-state index in [0.717, 1.165) is 5.56 Å². The van der Waals surface area contributed by atoms with Crippen molar-refractivity contribution >= 4 is 0 Å². The van der Waals surface area contributed by atoms with Crippen LogP contribution in [0.3, 0.4) is 0 Å². The van der Waals surface area contributed by atoms with Crippen molar-refractivity contribution < 1.29 is 13.5 Å². The summed E-state index contributed by atoms with van der Waals surface area (Å²) in [5.41, 5.74) is 7.73. The Labute approximate surface area is 103 Å². The topological polar surface area (TPSA) is 53.1 Å². The zero-order valence-corrected chi connectivity index (χ0v) is 9.81. The summed E-state index contributed by atoms with van der Waals surface area (Å²) >= 11 is 0. The van der Waals surface area contributed by atoms with Crippen molar-refractivity contribution in [2.75, 3.05) is 7.11 Å². The van der Waals surface area contributed by atoms with Gasteiger partial charge in [0.05, 0.1) is 13.3 Å². The Morgan fingerprint density at radius 2 is 2.22 bits per heavy atom. The molecule has 0 aliphatic rings. The second-order valence-electron chi connectivity index (χ2n) is 3.73. The van der Waals surface area contributed by atoms with Crippen LogP contribution in [-0.2, 0) is 6.54 Å². The Balaban J connectivity index is 2.46. The number of methoxy groups -OCH3 is 1. The average molecular weight is 253 g/mol. The molecular formula is C12H13F2N3O. The number of aromatic nitrogens is 2. The van der Waals surface area contributed by atoms with Gasteiger partial charge in [-0.25, -0.2) is 4.68 Å². The van der Waals surface area contributed by atoms with Crippen molar-refractivity contribution in [1.82, 2.24) is 9.78 Å². The molecule has 4 nitrogen and oxygen atoms in total. The number of alkyl halides is 2. The molecule has 0 fully saturated rings. The molecule has 2 N–H and O–H groups in total. The highest BCUT2D eigenvalue weighted by atomic mass is 19.3. The minimum Gasteiger partial charge on any atom is -0.496 e. The molecule has 1 heterocycles. The van der Waals surface area contributed by atoms with E-state index in [1.54, 1.807) is 6.07 Å². The van der Waals surface area contributed by atoms with Crippen LogP contribution in [0.4, 0.5) is 8.78 Å². The van der Waals surface area contributed by atoms with E-state index in [0.29, 0.717) is 28.1 Å². The molecule has 0 radical (unpaired) electrons. The summed E-state index contributed by atoms with van der Waals surface area (Å²) in [7, 11) is 1.53. The molecule has 0 amide bonds. The number of hydrogen-bond acceptors (Lipinski definition) is 3. The first-order valence-electron chi connectivity index (χ1n) is 5.35.